The van der Waals surface area contributed by atoms with Gasteiger partial charge in [0.1, 0.15) is 0 Å². The van der Waals surface area contributed by atoms with E-state index >= 15 is 0 Å². The average Bonchev–Trinajstić information content (AvgIpc) is 2.48. The summed E-state index contributed by atoms with van der Waals surface area (Å²) in [5.74, 6) is 2.43. The van der Waals surface area contributed by atoms with Crippen molar-refractivity contribution in [3.05, 3.63) is 29.2 Å². The molecular weight excluding hydrogens is 156 g/mol. The molecule has 0 aromatic heterocycles. The average molecular weight is 175 g/mol. The molecule has 0 saturated heterocycles. The molecule has 0 heteroatoms. The van der Waals surface area contributed by atoms with Crippen molar-refractivity contribution in [1.29, 1.82) is 0 Å². The minimum Gasteiger partial charge on any atom is -0.0728 e. The van der Waals surface area contributed by atoms with E-state index in [1.807, 2.05) is 0 Å². The van der Waals surface area contributed by atoms with Crippen LogP contribution in [0.5, 0.6) is 0 Å². The zero-order chi connectivity index (χ0) is 9.26. The maximum Gasteiger partial charge on any atom is 0.0231 e. The molecule has 0 spiro atoms. The van der Waals surface area contributed by atoms with Crippen LogP contribution in [0.25, 0.3) is 0 Å². The SMILES string of the molecule is CC(C)C[C]1C=CC2=C1CCCC2. The van der Waals surface area contributed by atoms with Gasteiger partial charge in [-0.15, -0.1) is 0 Å². The molecule has 0 aromatic carbocycles. The van der Waals surface area contributed by atoms with Gasteiger partial charge in [0.25, 0.3) is 0 Å². The van der Waals surface area contributed by atoms with Crippen molar-refractivity contribution in [1.82, 2.24) is 0 Å². The van der Waals surface area contributed by atoms with Crippen LogP contribution in [0.2, 0.25) is 0 Å². The molecule has 0 N–H and O–H groups in total. The van der Waals surface area contributed by atoms with Crippen LogP contribution in [0.1, 0.15) is 46.0 Å². The van der Waals surface area contributed by atoms with E-state index in [1.54, 1.807) is 17.1 Å². The lowest BCUT2D eigenvalue weighted by atomic mass is 9.85. The summed E-state index contributed by atoms with van der Waals surface area (Å²) in [7, 11) is 0. The van der Waals surface area contributed by atoms with Crippen molar-refractivity contribution in [3.8, 4) is 0 Å². The van der Waals surface area contributed by atoms with Gasteiger partial charge in [-0.1, -0.05) is 31.6 Å². The van der Waals surface area contributed by atoms with Gasteiger partial charge >= 0.3 is 0 Å². The molecule has 0 amide bonds. The lowest BCUT2D eigenvalue weighted by Crippen LogP contribution is -2.04. The van der Waals surface area contributed by atoms with Gasteiger partial charge in [-0.05, 0) is 43.6 Å². The Bertz CT molecular complexity index is 243. The Hall–Kier alpha value is -0.520. The Morgan fingerprint density at radius 2 is 1.92 bits per heavy atom. The van der Waals surface area contributed by atoms with E-state index in [0.29, 0.717) is 0 Å². The molecule has 0 aromatic rings. The lowest BCUT2D eigenvalue weighted by molar-refractivity contribution is 0.601. The molecule has 0 atom stereocenters. The molecule has 2 rings (SSSR count). The third-order valence-corrected chi connectivity index (χ3v) is 3.01. The molecule has 2 aliphatic rings. The predicted octanol–water partition coefficient (Wildman–Crippen LogP) is 4.05. The fraction of sp³-hybridized carbons (Fsp3) is 0.615. The summed E-state index contributed by atoms with van der Waals surface area (Å²) in [6, 6.07) is 0. The van der Waals surface area contributed by atoms with Gasteiger partial charge in [0, 0.05) is 5.92 Å². The zero-order valence-electron chi connectivity index (χ0n) is 8.77. The lowest BCUT2D eigenvalue weighted by Gasteiger charge is -2.20. The molecule has 0 fully saturated rings. The summed E-state index contributed by atoms with van der Waals surface area (Å²) in [6.45, 7) is 4.62. The van der Waals surface area contributed by atoms with Crippen molar-refractivity contribution < 1.29 is 0 Å². The highest BCUT2D eigenvalue weighted by Crippen LogP contribution is 2.40. The van der Waals surface area contributed by atoms with E-state index in [0.717, 1.165) is 5.92 Å². The number of hydrogen-bond acceptors (Lipinski definition) is 0. The predicted molar refractivity (Wildman–Crippen MR) is 57.3 cm³/mol. The van der Waals surface area contributed by atoms with E-state index in [4.69, 9.17) is 0 Å². The minimum atomic E-state index is 0.799. The Labute approximate surface area is 81.7 Å². The molecular formula is C13H19. The van der Waals surface area contributed by atoms with Gasteiger partial charge in [0.2, 0.25) is 0 Å². The minimum absolute atomic E-state index is 0.799. The third kappa shape index (κ3) is 1.87. The summed E-state index contributed by atoms with van der Waals surface area (Å²) in [5, 5.41) is 0. The summed E-state index contributed by atoms with van der Waals surface area (Å²) >= 11 is 0. The fourth-order valence-corrected chi connectivity index (χ4v) is 2.41. The van der Waals surface area contributed by atoms with Crippen LogP contribution in [-0.2, 0) is 0 Å². The van der Waals surface area contributed by atoms with Gasteiger partial charge in [-0.25, -0.2) is 0 Å². The van der Waals surface area contributed by atoms with E-state index in [9.17, 15) is 0 Å². The molecule has 2 aliphatic carbocycles. The molecule has 0 saturated carbocycles. The first-order chi connectivity index (χ1) is 6.27. The second-order valence-electron chi connectivity index (χ2n) is 4.67. The highest BCUT2D eigenvalue weighted by molar-refractivity contribution is 5.49. The zero-order valence-corrected chi connectivity index (χ0v) is 8.77. The van der Waals surface area contributed by atoms with Crippen molar-refractivity contribution in [2.24, 2.45) is 5.92 Å². The van der Waals surface area contributed by atoms with Gasteiger partial charge in [-0.2, -0.15) is 0 Å². The first-order valence-electron chi connectivity index (χ1n) is 5.53. The molecule has 71 valence electrons. The number of hydrogen-bond donors (Lipinski definition) is 0. The van der Waals surface area contributed by atoms with Gasteiger partial charge in [-0.3, -0.25) is 0 Å². The van der Waals surface area contributed by atoms with E-state index < -0.39 is 0 Å². The Morgan fingerprint density at radius 3 is 2.69 bits per heavy atom. The molecule has 0 bridgehead atoms. The van der Waals surface area contributed by atoms with Crippen LogP contribution in [0.4, 0.5) is 0 Å². The Balaban J connectivity index is 2.07. The number of allylic oxidation sites excluding steroid dienone is 4. The van der Waals surface area contributed by atoms with Crippen LogP contribution in [0.3, 0.4) is 0 Å². The fourth-order valence-electron chi connectivity index (χ4n) is 2.41. The smallest absolute Gasteiger partial charge is 0.0231 e. The van der Waals surface area contributed by atoms with Crippen molar-refractivity contribution in [3.63, 3.8) is 0 Å². The van der Waals surface area contributed by atoms with Crippen LogP contribution >= 0.6 is 0 Å². The van der Waals surface area contributed by atoms with E-state index in [1.165, 1.54) is 32.1 Å². The van der Waals surface area contributed by atoms with Gasteiger partial charge in [0.15, 0.2) is 0 Å². The molecule has 0 aliphatic heterocycles. The van der Waals surface area contributed by atoms with Crippen molar-refractivity contribution >= 4 is 0 Å². The summed E-state index contributed by atoms with van der Waals surface area (Å²) in [4.78, 5) is 0. The van der Waals surface area contributed by atoms with Gasteiger partial charge in [0.05, 0.1) is 0 Å². The second kappa shape index (κ2) is 3.69. The topological polar surface area (TPSA) is 0 Å². The summed E-state index contributed by atoms with van der Waals surface area (Å²) in [5.41, 5.74) is 3.34. The second-order valence-corrected chi connectivity index (χ2v) is 4.67. The monoisotopic (exact) mass is 175 g/mol. The molecule has 13 heavy (non-hydrogen) atoms. The molecule has 0 unspecified atom stereocenters. The highest BCUT2D eigenvalue weighted by atomic mass is 14.3. The van der Waals surface area contributed by atoms with Crippen LogP contribution in [-0.4, -0.2) is 0 Å². The standard InChI is InChI=1S/C13H19/c1-10(2)9-12-8-7-11-5-3-4-6-13(11)12/h7-8,10H,3-6,9H2,1-2H3. The quantitative estimate of drug-likeness (QED) is 0.594. The Kier molecular flexibility index (Phi) is 2.57. The first kappa shape index (κ1) is 9.05. The Morgan fingerprint density at radius 1 is 1.15 bits per heavy atom. The molecule has 0 heterocycles. The molecule has 1 radical (unpaired) electrons. The van der Waals surface area contributed by atoms with Gasteiger partial charge < -0.3 is 0 Å². The largest absolute Gasteiger partial charge is 0.0728 e. The van der Waals surface area contributed by atoms with E-state index in [-0.39, 0.29) is 0 Å². The van der Waals surface area contributed by atoms with Crippen LogP contribution in [0.15, 0.2) is 23.3 Å². The normalized spacial score (nSPS) is 23.0. The van der Waals surface area contributed by atoms with Crippen molar-refractivity contribution in [2.45, 2.75) is 46.0 Å². The summed E-state index contributed by atoms with van der Waals surface area (Å²) < 4.78 is 0. The first-order valence-corrected chi connectivity index (χ1v) is 5.53. The van der Waals surface area contributed by atoms with Crippen molar-refractivity contribution in [2.75, 3.05) is 0 Å². The maximum atomic E-state index is 2.36. The molecule has 0 nitrogen and oxygen atoms in total. The highest BCUT2D eigenvalue weighted by Gasteiger charge is 2.23. The maximum absolute atomic E-state index is 2.36. The van der Waals surface area contributed by atoms with Crippen LogP contribution in [0, 0.1) is 11.8 Å². The van der Waals surface area contributed by atoms with E-state index in [2.05, 4.69) is 26.0 Å². The number of rotatable bonds is 2. The summed E-state index contributed by atoms with van der Waals surface area (Å²) in [6.07, 6.45) is 11.5. The third-order valence-electron chi connectivity index (χ3n) is 3.01. The van der Waals surface area contributed by atoms with Crippen LogP contribution < -0.4 is 0 Å².